The highest BCUT2D eigenvalue weighted by atomic mass is 19.3. The van der Waals surface area contributed by atoms with Crippen molar-refractivity contribution in [2.45, 2.75) is 13.2 Å². The van der Waals surface area contributed by atoms with E-state index in [0.717, 1.165) is 0 Å². The summed E-state index contributed by atoms with van der Waals surface area (Å²) in [5.41, 5.74) is 0. The first-order valence-corrected chi connectivity index (χ1v) is 1.92. The quantitative estimate of drug-likeness (QED) is 0.443. The highest BCUT2D eigenvalue weighted by Crippen LogP contribution is 2.03. The Bertz CT molecular complexity index is 68.8. The molecular weight excluding hydrogens is 144 g/mol. The summed E-state index contributed by atoms with van der Waals surface area (Å²) in [5.74, 6) is 0. The van der Waals surface area contributed by atoms with Crippen LogP contribution >= 0.6 is 0 Å². The van der Waals surface area contributed by atoms with E-state index in [9.17, 15) is 17.6 Å². The Kier molecular flexibility index (Phi) is 4.33. The Morgan fingerprint density at radius 3 is 2.11 bits per heavy atom. The summed E-state index contributed by atoms with van der Waals surface area (Å²) >= 11 is 0. The van der Waals surface area contributed by atoms with Gasteiger partial charge in [-0.3, -0.25) is 9.47 Å². The molecular formula is C3H4F4O2. The lowest BCUT2D eigenvalue weighted by Crippen LogP contribution is -2.14. The summed E-state index contributed by atoms with van der Waals surface area (Å²) in [4.78, 5) is 0. The fourth-order valence-electron chi connectivity index (χ4n) is 0.170. The maximum atomic E-state index is 11.5. The average Bonchev–Trinajstić information content (AvgIpc) is 1.63. The smallest absolute Gasteiger partial charge is 0.294 e. The summed E-state index contributed by atoms with van der Waals surface area (Å²) in [7, 11) is 0. The number of alkyl halides is 4. The summed E-state index contributed by atoms with van der Waals surface area (Å²) in [6.45, 7) is -7.46. The maximum Gasteiger partial charge on any atom is 0.349 e. The number of hydrogen-bond donors (Lipinski definition) is 0. The van der Waals surface area contributed by atoms with Crippen LogP contribution in [0, 0.1) is 0 Å². The van der Waals surface area contributed by atoms with E-state index in [1.54, 1.807) is 0 Å². The van der Waals surface area contributed by atoms with E-state index in [-0.39, 0.29) is 0 Å². The van der Waals surface area contributed by atoms with Gasteiger partial charge in [0.2, 0.25) is 0 Å². The van der Waals surface area contributed by atoms with Crippen molar-refractivity contribution in [3.05, 3.63) is 0 Å². The molecule has 0 rings (SSSR count). The van der Waals surface area contributed by atoms with Crippen LogP contribution < -0.4 is 0 Å². The summed E-state index contributed by atoms with van der Waals surface area (Å²) in [6.07, 6.45) is 0. The van der Waals surface area contributed by atoms with E-state index in [2.05, 4.69) is 9.47 Å². The molecule has 0 bridgehead atoms. The molecule has 0 aromatic carbocycles. The zero-order valence-electron chi connectivity index (χ0n) is 4.19. The van der Waals surface area contributed by atoms with Gasteiger partial charge in [0.15, 0.2) is 6.86 Å². The summed E-state index contributed by atoms with van der Waals surface area (Å²) in [5, 5.41) is 0. The normalized spacial score (nSPS) is 14.3. The Morgan fingerprint density at radius 1 is 1.22 bits per heavy atom. The predicted octanol–water partition coefficient (Wildman–Crippen LogP) is 1.42. The molecule has 0 aliphatic carbocycles. The molecule has 0 aliphatic rings. The molecule has 0 fully saturated rings. The van der Waals surface area contributed by atoms with Gasteiger partial charge in [-0.25, -0.2) is 4.39 Å². The van der Waals surface area contributed by atoms with Crippen LogP contribution in [0.4, 0.5) is 17.6 Å². The van der Waals surface area contributed by atoms with Crippen molar-refractivity contribution in [3.63, 3.8) is 0 Å². The molecule has 0 aromatic heterocycles. The maximum absolute atomic E-state index is 11.5. The molecule has 2 nitrogen and oxygen atoms in total. The molecule has 1 atom stereocenters. The first-order valence-electron chi connectivity index (χ1n) is 1.92. The van der Waals surface area contributed by atoms with Crippen molar-refractivity contribution >= 4 is 0 Å². The second kappa shape index (κ2) is 4.51. The van der Waals surface area contributed by atoms with Gasteiger partial charge in [-0.2, -0.15) is 13.2 Å². The van der Waals surface area contributed by atoms with E-state index in [1.807, 2.05) is 0 Å². The van der Waals surface area contributed by atoms with Gasteiger partial charge < -0.3 is 0 Å². The van der Waals surface area contributed by atoms with Crippen LogP contribution in [-0.2, 0) is 9.47 Å². The molecule has 9 heavy (non-hydrogen) atoms. The standard InChI is InChI=1S/C3H4F4O2/c4-1-8-3(7)9-2(5)6/h2-3H,1H2. The SMILES string of the molecule is FCOC(F)OC(F)F. The average molecular weight is 148 g/mol. The van der Waals surface area contributed by atoms with Crippen molar-refractivity contribution in [1.29, 1.82) is 0 Å². The molecule has 0 spiro atoms. The lowest BCUT2D eigenvalue weighted by Gasteiger charge is -2.05. The third kappa shape index (κ3) is 5.51. The topological polar surface area (TPSA) is 18.5 Å². The van der Waals surface area contributed by atoms with Gasteiger partial charge in [0, 0.05) is 0 Å². The number of rotatable bonds is 4. The molecule has 0 N–H and O–H groups in total. The van der Waals surface area contributed by atoms with Crippen molar-refractivity contribution < 1.29 is 27.0 Å². The zero-order valence-corrected chi connectivity index (χ0v) is 4.19. The van der Waals surface area contributed by atoms with Crippen LogP contribution in [0.15, 0.2) is 0 Å². The van der Waals surface area contributed by atoms with Crippen molar-refractivity contribution in [3.8, 4) is 0 Å². The molecule has 56 valence electrons. The van der Waals surface area contributed by atoms with Crippen molar-refractivity contribution in [2.75, 3.05) is 6.86 Å². The lowest BCUT2D eigenvalue weighted by atomic mass is 11.2. The second-order valence-electron chi connectivity index (χ2n) is 0.947. The van der Waals surface area contributed by atoms with Gasteiger partial charge in [0.1, 0.15) is 0 Å². The zero-order chi connectivity index (χ0) is 7.28. The second-order valence-corrected chi connectivity index (χ2v) is 0.947. The number of hydrogen-bond acceptors (Lipinski definition) is 2. The molecule has 0 aromatic rings. The van der Waals surface area contributed by atoms with Crippen LogP contribution in [0.25, 0.3) is 0 Å². The van der Waals surface area contributed by atoms with Gasteiger partial charge in [-0.1, -0.05) is 0 Å². The molecule has 6 heteroatoms. The summed E-state index contributed by atoms with van der Waals surface area (Å²) in [6, 6.07) is 0. The Morgan fingerprint density at radius 2 is 1.78 bits per heavy atom. The number of ether oxygens (including phenoxy) is 2. The molecule has 0 saturated carbocycles. The molecule has 0 saturated heterocycles. The first kappa shape index (κ1) is 8.64. The molecule has 0 amide bonds. The van der Waals surface area contributed by atoms with Crippen LogP contribution in [0.3, 0.4) is 0 Å². The third-order valence-corrected chi connectivity index (χ3v) is 0.404. The minimum Gasteiger partial charge on any atom is -0.294 e. The Labute approximate surface area is 48.4 Å². The summed E-state index contributed by atoms with van der Waals surface area (Å²) < 4.78 is 50.6. The fraction of sp³-hybridized carbons (Fsp3) is 1.00. The van der Waals surface area contributed by atoms with Gasteiger partial charge in [0.25, 0.3) is 0 Å². The molecule has 0 aliphatic heterocycles. The van der Waals surface area contributed by atoms with E-state index in [1.165, 1.54) is 0 Å². The van der Waals surface area contributed by atoms with Gasteiger partial charge in [-0.05, 0) is 0 Å². The van der Waals surface area contributed by atoms with Gasteiger partial charge in [0.05, 0.1) is 0 Å². The Balaban J connectivity index is 3.15. The van der Waals surface area contributed by atoms with Crippen molar-refractivity contribution in [1.82, 2.24) is 0 Å². The van der Waals surface area contributed by atoms with E-state index < -0.39 is 20.0 Å². The van der Waals surface area contributed by atoms with Gasteiger partial charge in [-0.15, -0.1) is 0 Å². The van der Waals surface area contributed by atoms with Crippen LogP contribution in [0.5, 0.6) is 0 Å². The highest BCUT2D eigenvalue weighted by Gasteiger charge is 2.12. The highest BCUT2D eigenvalue weighted by molar-refractivity contribution is 4.14. The fourth-order valence-corrected chi connectivity index (χ4v) is 0.170. The molecule has 1 unspecified atom stereocenters. The molecule has 0 heterocycles. The lowest BCUT2D eigenvalue weighted by molar-refractivity contribution is -0.304. The van der Waals surface area contributed by atoms with E-state index >= 15 is 0 Å². The molecule has 0 radical (unpaired) electrons. The third-order valence-electron chi connectivity index (χ3n) is 0.404. The van der Waals surface area contributed by atoms with E-state index in [4.69, 9.17) is 0 Å². The number of halogens is 4. The van der Waals surface area contributed by atoms with Crippen LogP contribution in [-0.4, -0.2) is 20.0 Å². The van der Waals surface area contributed by atoms with Gasteiger partial charge >= 0.3 is 13.2 Å². The first-order chi connectivity index (χ1) is 4.16. The van der Waals surface area contributed by atoms with Crippen molar-refractivity contribution in [2.24, 2.45) is 0 Å². The monoisotopic (exact) mass is 148 g/mol. The van der Waals surface area contributed by atoms with Crippen LogP contribution in [0.2, 0.25) is 0 Å². The minimum atomic E-state index is -3.29. The Hall–Kier alpha value is -0.360. The minimum absolute atomic E-state index is 1.49. The van der Waals surface area contributed by atoms with E-state index in [0.29, 0.717) is 0 Å². The largest absolute Gasteiger partial charge is 0.349 e. The predicted molar refractivity (Wildman–Crippen MR) is 19.0 cm³/mol. The van der Waals surface area contributed by atoms with Crippen LogP contribution in [0.1, 0.15) is 0 Å².